The van der Waals surface area contributed by atoms with Crippen molar-refractivity contribution < 1.29 is 23.2 Å². The van der Waals surface area contributed by atoms with Crippen molar-refractivity contribution in [3.8, 4) is 0 Å². The van der Waals surface area contributed by atoms with E-state index in [0.29, 0.717) is 12.2 Å². The lowest BCUT2D eigenvalue weighted by molar-refractivity contribution is -0.138. The molecule has 0 aromatic heterocycles. The summed E-state index contributed by atoms with van der Waals surface area (Å²) in [4.78, 5) is 11.5. The lowest BCUT2D eigenvalue weighted by Crippen LogP contribution is -2.22. The van der Waals surface area contributed by atoms with Crippen molar-refractivity contribution in [1.29, 1.82) is 0 Å². The number of ether oxygens (including phenoxy) is 3. The number of methoxy groups -OCH3 is 1. The van der Waals surface area contributed by atoms with Gasteiger partial charge in [-0.3, -0.25) is 0 Å². The Bertz CT molecular complexity index is 572. The van der Waals surface area contributed by atoms with Crippen LogP contribution in [0.3, 0.4) is 0 Å². The maximum Gasteiger partial charge on any atom is 0.351 e. The van der Waals surface area contributed by atoms with Gasteiger partial charge in [-0.25, -0.2) is 9.00 Å². The Morgan fingerprint density at radius 3 is 2.52 bits per heavy atom. The first kappa shape index (κ1) is 15.9. The normalized spacial score (nSPS) is 20.0. The molecule has 0 amide bonds. The van der Waals surface area contributed by atoms with Crippen LogP contribution < -0.4 is 0 Å². The molecule has 6 heteroatoms. The van der Waals surface area contributed by atoms with Gasteiger partial charge in [0.05, 0.1) is 19.8 Å². The topological polar surface area (TPSA) is 61.8 Å². The van der Waals surface area contributed by atoms with Gasteiger partial charge in [-0.15, -0.1) is 0 Å². The van der Waals surface area contributed by atoms with Crippen molar-refractivity contribution in [2.75, 3.05) is 13.7 Å². The van der Waals surface area contributed by atoms with E-state index >= 15 is 0 Å². The Morgan fingerprint density at radius 1 is 1.38 bits per heavy atom. The van der Waals surface area contributed by atoms with E-state index in [-0.39, 0.29) is 22.2 Å². The maximum absolute atomic E-state index is 11.5. The third-order valence-electron chi connectivity index (χ3n) is 3.20. The second kappa shape index (κ2) is 6.51. The van der Waals surface area contributed by atoms with Crippen LogP contribution in [-0.4, -0.2) is 40.7 Å². The Kier molecular flexibility index (Phi) is 4.92. The first-order valence-electron chi connectivity index (χ1n) is 6.61. The molecule has 0 saturated carbocycles. The molecule has 1 atom stereocenters. The second-order valence-electron chi connectivity index (χ2n) is 5.26. The van der Waals surface area contributed by atoms with Crippen LogP contribution in [0.5, 0.6) is 0 Å². The molecule has 1 saturated heterocycles. The van der Waals surface area contributed by atoms with Crippen LogP contribution >= 0.6 is 0 Å². The van der Waals surface area contributed by atoms with Crippen LogP contribution in [-0.2, 0) is 36.7 Å². The summed E-state index contributed by atoms with van der Waals surface area (Å²) in [6.45, 7) is 4.34. The van der Waals surface area contributed by atoms with Gasteiger partial charge in [0.15, 0.2) is 10.7 Å². The van der Waals surface area contributed by atoms with Crippen molar-refractivity contribution in [3.05, 3.63) is 35.4 Å². The fraction of sp³-hybridized carbons (Fsp3) is 0.467. The second-order valence-corrected chi connectivity index (χ2v) is 5.83. The minimum Gasteiger partial charge on any atom is -0.465 e. The highest BCUT2D eigenvalue weighted by Crippen LogP contribution is 2.24. The molecule has 1 aliphatic heterocycles. The van der Waals surface area contributed by atoms with E-state index in [1.807, 2.05) is 26.0 Å². The first-order valence-corrected chi connectivity index (χ1v) is 7.35. The van der Waals surface area contributed by atoms with E-state index < -0.39 is 11.8 Å². The molecule has 1 aromatic rings. The average Bonchev–Trinajstić information content (AvgIpc) is 2.80. The molecule has 21 heavy (non-hydrogen) atoms. The number of esters is 1. The van der Waals surface area contributed by atoms with Gasteiger partial charge in [0.2, 0.25) is 0 Å². The van der Waals surface area contributed by atoms with Crippen molar-refractivity contribution in [3.63, 3.8) is 0 Å². The number of hydrogen-bond acceptors (Lipinski definition) is 5. The number of rotatable bonds is 4. The highest BCUT2D eigenvalue weighted by Gasteiger charge is 2.32. The van der Waals surface area contributed by atoms with E-state index in [1.54, 1.807) is 12.1 Å². The van der Waals surface area contributed by atoms with Gasteiger partial charge in [0.1, 0.15) is 11.3 Å². The molecule has 1 fully saturated rings. The molecule has 2 rings (SSSR count). The van der Waals surface area contributed by atoms with Crippen molar-refractivity contribution in [2.24, 2.45) is 0 Å². The number of hydrogen-bond donors (Lipinski definition) is 0. The molecule has 1 unspecified atom stereocenters. The summed E-state index contributed by atoms with van der Waals surface area (Å²) in [6, 6.07) is 7.24. The first-order chi connectivity index (χ1) is 9.95. The van der Waals surface area contributed by atoms with Crippen LogP contribution in [0.4, 0.5) is 0 Å². The van der Waals surface area contributed by atoms with Crippen LogP contribution in [0.1, 0.15) is 25.0 Å². The molecular weight excluding hydrogens is 292 g/mol. The summed E-state index contributed by atoms with van der Waals surface area (Å²) in [6.07, 6.45) is 0.741. The van der Waals surface area contributed by atoms with Crippen LogP contribution in [0.15, 0.2) is 24.3 Å². The van der Waals surface area contributed by atoms with Crippen LogP contribution in [0.25, 0.3) is 0 Å². The molecule has 0 bridgehead atoms. The summed E-state index contributed by atoms with van der Waals surface area (Å²) in [5.41, 5.74) is 1.62. The number of benzene rings is 1. The summed E-state index contributed by atoms with van der Waals surface area (Å²) in [7, 11) is 1.26. The lowest BCUT2D eigenvalue weighted by atomic mass is 10.0. The standard InChI is InChI=1S/C15H18O5S/c1-15(2)19-9-12(20-15)8-10-4-6-11(7-5-10)13(21-17)14(16)18-3/h4-7,12H,8-9H2,1-3H3. The average molecular weight is 310 g/mol. The maximum atomic E-state index is 11.5. The summed E-state index contributed by atoms with van der Waals surface area (Å²) in [5, 5.41) is 0. The fourth-order valence-electron chi connectivity index (χ4n) is 2.21. The summed E-state index contributed by atoms with van der Waals surface area (Å²) in [5.74, 6) is -1.15. The van der Waals surface area contributed by atoms with E-state index in [1.165, 1.54) is 7.11 Å². The van der Waals surface area contributed by atoms with Gasteiger partial charge in [-0.05, 0) is 19.4 Å². The predicted octanol–water partition coefficient (Wildman–Crippen LogP) is 1.29. The molecule has 0 radical (unpaired) electrons. The third kappa shape index (κ3) is 4.00. The highest BCUT2D eigenvalue weighted by atomic mass is 32.1. The molecule has 5 nitrogen and oxygen atoms in total. The molecule has 0 spiro atoms. The van der Waals surface area contributed by atoms with Gasteiger partial charge < -0.3 is 14.2 Å². The Balaban J connectivity index is 2.06. The Labute approximate surface area is 127 Å². The largest absolute Gasteiger partial charge is 0.465 e. The Hall–Kier alpha value is -1.50. The van der Waals surface area contributed by atoms with Gasteiger partial charge in [-0.2, -0.15) is 0 Å². The molecule has 1 aromatic carbocycles. The smallest absolute Gasteiger partial charge is 0.351 e. The fourth-order valence-corrected chi connectivity index (χ4v) is 2.60. The van der Waals surface area contributed by atoms with Gasteiger partial charge in [0, 0.05) is 12.0 Å². The molecule has 114 valence electrons. The molecular formula is C15H18O5S. The van der Waals surface area contributed by atoms with Crippen LogP contribution in [0, 0.1) is 0 Å². The van der Waals surface area contributed by atoms with E-state index in [0.717, 1.165) is 12.0 Å². The zero-order valence-corrected chi connectivity index (χ0v) is 13.1. The van der Waals surface area contributed by atoms with E-state index in [2.05, 4.69) is 4.74 Å². The molecule has 1 aliphatic rings. The molecule has 1 heterocycles. The van der Waals surface area contributed by atoms with Crippen molar-refractivity contribution in [1.82, 2.24) is 0 Å². The number of carbonyl (C=O) groups excluding carboxylic acids is 1. The minimum atomic E-state index is -0.614. The zero-order valence-electron chi connectivity index (χ0n) is 12.3. The lowest BCUT2D eigenvalue weighted by Gasteiger charge is -2.17. The summed E-state index contributed by atoms with van der Waals surface area (Å²) < 4.78 is 26.9. The van der Waals surface area contributed by atoms with Crippen LogP contribution in [0.2, 0.25) is 0 Å². The zero-order chi connectivity index (χ0) is 15.5. The molecule has 0 N–H and O–H groups in total. The van der Waals surface area contributed by atoms with Crippen molar-refractivity contribution in [2.45, 2.75) is 32.2 Å². The van der Waals surface area contributed by atoms with Crippen molar-refractivity contribution >= 4 is 22.1 Å². The third-order valence-corrected chi connectivity index (χ3v) is 3.77. The van der Waals surface area contributed by atoms with E-state index in [4.69, 9.17) is 9.47 Å². The van der Waals surface area contributed by atoms with Gasteiger partial charge in [0.25, 0.3) is 0 Å². The number of carbonyl (C=O) groups is 1. The van der Waals surface area contributed by atoms with E-state index in [9.17, 15) is 9.00 Å². The summed E-state index contributed by atoms with van der Waals surface area (Å²) >= 11 is 0.142. The SMILES string of the molecule is COC(=O)C(=S=O)c1ccc(CC2COC(C)(C)O2)cc1. The predicted molar refractivity (Wildman–Crippen MR) is 79.3 cm³/mol. The Morgan fingerprint density at radius 2 is 2.05 bits per heavy atom. The highest BCUT2D eigenvalue weighted by molar-refractivity contribution is 7.69. The minimum absolute atomic E-state index is 0.0174. The van der Waals surface area contributed by atoms with Gasteiger partial charge in [-0.1, -0.05) is 24.3 Å². The molecule has 0 aliphatic carbocycles. The quantitative estimate of drug-likeness (QED) is 0.476. The van der Waals surface area contributed by atoms with Gasteiger partial charge >= 0.3 is 5.97 Å². The monoisotopic (exact) mass is 310 g/mol.